The molecular weight excluding hydrogens is 238 g/mol. The maximum atomic E-state index is 11.3. The zero-order valence-electron chi connectivity index (χ0n) is 10.9. The molecule has 0 bridgehead atoms. The van der Waals surface area contributed by atoms with Crippen LogP contribution in [0, 0.1) is 0 Å². The van der Waals surface area contributed by atoms with Crippen molar-refractivity contribution in [1.29, 1.82) is 0 Å². The van der Waals surface area contributed by atoms with Gasteiger partial charge in [0.25, 0.3) is 0 Å². The molecule has 4 nitrogen and oxygen atoms in total. The first-order valence-electron chi connectivity index (χ1n) is 6.17. The van der Waals surface area contributed by atoms with Gasteiger partial charge in [0.2, 0.25) is 0 Å². The molecule has 3 unspecified atom stereocenters. The lowest BCUT2D eigenvalue weighted by Crippen LogP contribution is -2.49. The Labute approximate surface area is 107 Å². The summed E-state index contributed by atoms with van der Waals surface area (Å²) >= 11 is 1.95. The number of esters is 1. The minimum Gasteiger partial charge on any atom is -0.467 e. The van der Waals surface area contributed by atoms with Gasteiger partial charge >= 0.3 is 5.97 Å². The molecule has 5 heteroatoms. The first-order valence-corrected chi connectivity index (χ1v) is 7.22. The third-order valence-electron chi connectivity index (χ3n) is 3.17. The van der Waals surface area contributed by atoms with Gasteiger partial charge in [0.1, 0.15) is 0 Å². The molecule has 0 aromatic heterocycles. The van der Waals surface area contributed by atoms with Gasteiger partial charge in [-0.25, -0.2) is 4.79 Å². The highest BCUT2D eigenvalue weighted by Crippen LogP contribution is 2.30. The average molecular weight is 261 g/mol. The molecule has 0 aromatic rings. The predicted molar refractivity (Wildman–Crippen MR) is 70.2 cm³/mol. The first-order chi connectivity index (χ1) is 8.01. The van der Waals surface area contributed by atoms with Crippen LogP contribution in [0.5, 0.6) is 0 Å². The van der Waals surface area contributed by atoms with E-state index in [-0.39, 0.29) is 6.54 Å². The van der Waals surface area contributed by atoms with Crippen LogP contribution in [0.2, 0.25) is 0 Å². The van der Waals surface area contributed by atoms with Crippen LogP contribution in [0.25, 0.3) is 0 Å². The molecule has 0 aliphatic heterocycles. The summed E-state index contributed by atoms with van der Waals surface area (Å²) in [7, 11) is 1.29. The highest BCUT2D eigenvalue weighted by atomic mass is 32.2. The largest absolute Gasteiger partial charge is 0.467 e. The third kappa shape index (κ3) is 4.16. The molecule has 1 aliphatic carbocycles. The molecule has 0 radical (unpaired) electrons. The second-order valence-electron chi connectivity index (χ2n) is 4.68. The second-order valence-corrected chi connectivity index (χ2v) is 6.19. The molecular formula is C12H23NO3S. The zero-order valence-corrected chi connectivity index (χ0v) is 11.7. The van der Waals surface area contributed by atoms with Gasteiger partial charge in [-0.15, -0.1) is 0 Å². The number of nitrogens with one attached hydrogen (secondary N) is 1. The normalized spacial score (nSPS) is 27.8. The average Bonchev–Trinajstić information content (AvgIpc) is 2.73. The van der Waals surface area contributed by atoms with Crippen LogP contribution in [0.1, 0.15) is 33.1 Å². The number of hydrogen-bond acceptors (Lipinski definition) is 5. The van der Waals surface area contributed by atoms with Crippen LogP contribution in [0.3, 0.4) is 0 Å². The fourth-order valence-electron chi connectivity index (χ4n) is 2.19. The van der Waals surface area contributed by atoms with Gasteiger partial charge in [0, 0.05) is 17.8 Å². The molecule has 1 aliphatic rings. The van der Waals surface area contributed by atoms with Crippen molar-refractivity contribution in [3.8, 4) is 0 Å². The van der Waals surface area contributed by atoms with Crippen molar-refractivity contribution in [2.45, 2.75) is 50.0 Å². The van der Waals surface area contributed by atoms with Crippen LogP contribution in [-0.2, 0) is 9.53 Å². The minimum atomic E-state index is -1.43. The third-order valence-corrected chi connectivity index (χ3v) is 4.49. The van der Waals surface area contributed by atoms with Crippen molar-refractivity contribution >= 4 is 17.7 Å². The Balaban J connectivity index is 2.41. The van der Waals surface area contributed by atoms with E-state index in [1.54, 1.807) is 0 Å². The number of thioether (sulfide) groups is 1. The van der Waals surface area contributed by atoms with Crippen molar-refractivity contribution in [2.75, 3.05) is 19.4 Å². The van der Waals surface area contributed by atoms with Crippen molar-refractivity contribution in [3.05, 3.63) is 0 Å². The Kier molecular flexibility index (Phi) is 5.76. The number of carbonyl (C=O) groups is 1. The molecule has 1 fully saturated rings. The number of carbonyl (C=O) groups excluding carboxylic acids is 1. The van der Waals surface area contributed by atoms with Crippen LogP contribution in [-0.4, -0.2) is 47.4 Å². The highest BCUT2D eigenvalue weighted by Gasteiger charge is 2.34. The van der Waals surface area contributed by atoms with Gasteiger partial charge < -0.3 is 15.2 Å². The molecule has 0 amide bonds. The molecule has 17 heavy (non-hydrogen) atoms. The zero-order chi connectivity index (χ0) is 12.9. The lowest BCUT2D eigenvalue weighted by atomic mass is 10.1. The van der Waals surface area contributed by atoms with E-state index < -0.39 is 11.6 Å². The van der Waals surface area contributed by atoms with Crippen LogP contribution >= 0.6 is 11.8 Å². The molecule has 1 rings (SSSR count). The summed E-state index contributed by atoms with van der Waals surface area (Å²) in [5.41, 5.74) is -1.43. The molecule has 2 N–H and O–H groups in total. The van der Waals surface area contributed by atoms with E-state index in [9.17, 15) is 9.90 Å². The van der Waals surface area contributed by atoms with Crippen molar-refractivity contribution in [3.63, 3.8) is 0 Å². The van der Waals surface area contributed by atoms with E-state index in [1.165, 1.54) is 26.9 Å². The maximum absolute atomic E-state index is 11.3. The SMILES string of the molecule is CCSC1CCCC1NCC(C)(O)C(=O)OC. The highest BCUT2D eigenvalue weighted by molar-refractivity contribution is 7.99. The van der Waals surface area contributed by atoms with Crippen molar-refractivity contribution in [1.82, 2.24) is 5.32 Å². The summed E-state index contributed by atoms with van der Waals surface area (Å²) in [6.45, 7) is 3.90. The lowest BCUT2D eigenvalue weighted by Gasteiger charge is -2.26. The summed E-state index contributed by atoms with van der Waals surface area (Å²) in [4.78, 5) is 11.3. The summed E-state index contributed by atoms with van der Waals surface area (Å²) in [5.74, 6) is 0.527. The summed E-state index contributed by atoms with van der Waals surface area (Å²) < 4.78 is 4.57. The number of methoxy groups -OCH3 is 1. The monoisotopic (exact) mass is 261 g/mol. The fourth-order valence-corrected chi connectivity index (χ4v) is 3.42. The smallest absolute Gasteiger partial charge is 0.338 e. The summed E-state index contributed by atoms with van der Waals surface area (Å²) in [6.07, 6.45) is 3.56. The summed E-state index contributed by atoms with van der Waals surface area (Å²) in [6, 6.07) is 0.399. The predicted octanol–water partition coefficient (Wildman–Crippen LogP) is 1.17. The van der Waals surface area contributed by atoms with Crippen molar-refractivity contribution < 1.29 is 14.6 Å². The second kappa shape index (κ2) is 6.61. The van der Waals surface area contributed by atoms with E-state index in [1.807, 2.05) is 11.8 Å². The molecule has 3 atom stereocenters. The van der Waals surface area contributed by atoms with E-state index in [0.29, 0.717) is 11.3 Å². The van der Waals surface area contributed by atoms with Gasteiger partial charge in [0.15, 0.2) is 5.60 Å². The molecule has 0 spiro atoms. The van der Waals surface area contributed by atoms with E-state index in [4.69, 9.17) is 0 Å². The molecule has 0 heterocycles. The maximum Gasteiger partial charge on any atom is 0.338 e. The van der Waals surface area contributed by atoms with Gasteiger partial charge in [-0.3, -0.25) is 0 Å². The van der Waals surface area contributed by atoms with Gasteiger partial charge in [0.05, 0.1) is 7.11 Å². The minimum absolute atomic E-state index is 0.255. The van der Waals surface area contributed by atoms with Crippen LogP contribution in [0.4, 0.5) is 0 Å². The quantitative estimate of drug-likeness (QED) is 0.703. The Morgan fingerprint density at radius 3 is 2.88 bits per heavy atom. The number of hydrogen-bond donors (Lipinski definition) is 2. The molecule has 1 saturated carbocycles. The van der Waals surface area contributed by atoms with E-state index >= 15 is 0 Å². The van der Waals surface area contributed by atoms with Gasteiger partial charge in [-0.2, -0.15) is 11.8 Å². The molecule has 0 saturated heterocycles. The Morgan fingerprint density at radius 1 is 1.59 bits per heavy atom. The number of rotatable bonds is 6. The van der Waals surface area contributed by atoms with Gasteiger partial charge in [-0.1, -0.05) is 13.3 Å². The Bertz CT molecular complexity index is 258. The summed E-state index contributed by atoms with van der Waals surface area (Å²) in [5, 5.41) is 13.8. The van der Waals surface area contributed by atoms with Crippen molar-refractivity contribution in [2.24, 2.45) is 0 Å². The Morgan fingerprint density at radius 2 is 2.29 bits per heavy atom. The fraction of sp³-hybridized carbons (Fsp3) is 0.917. The first kappa shape index (κ1) is 14.8. The van der Waals surface area contributed by atoms with E-state index in [2.05, 4.69) is 17.0 Å². The number of aliphatic hydroxyl groups is 1. The van der Waals surface area contributed by atoms with Gasteiger partial charge in [-0.05, 0) is 25.5 Å². The van der Waals surface area contributed by atoms with Crippen LogP contribution in [0.15, 0.2) is 0 Å². The number of ether oxygens (including phenoxy) is 1. The molecule has 0 aromatic carbocycles. The van der Waals surface area contributed by atoms with E-state index in [0.717, 1.165) is 12.2 Å². The topological polar surface area (TPSA) is 58.6 Å². The molecule has 100 valence electrons. The Hall–Kier alpha value is -0.260. The lowest BCUT2D eigenvalue weighted by molar-refractivity contribution is -0.160. The standard InChI is InChI=1S/C12H23NO3S/c1-4-17-10-7-5-6-9(10)13-8-12(2,15)11(14)16-3/h9-10,13,15H,4-8H2,1-3H3. The van der Waals surface area contributed by atoms with Crippen LogP contribution < -0.4 is 5.32 Å².